The molecule has 1 saturated heterocycles. The topological polar surface area (TPSA) is 54.5 Å². The predicted octanol–water partition coefficient (Wildman–Crippen LogP) is 4.31. The summed E-state index contributed by atoms with van der Waals surface area (Å²) in [5, 5.41) is 4.06. The van der Waals surface area contributed by atoms with E-state index in [0.717, 1.165) is 64.0 Å². The van der Waals surface area contributed by atoms with Gasteiger partial charge in [-0.15, -0.1) is 0 Å². The molecule has 1 amide bonds. The summed E-state index contributed by atoms with van der Waals surface area (Å²) in [6, 6.07) is 9.99. The van der Waals surface area contributed by atoms with Gasteiger partial charge in [-0.2, -0.15) is 0 Å². The molecule has 0 atom stereocenters. The Labute approximate surface area is 163 Å². The fraction of sp³-hybridized carbons (Fsp3) is 0.333. The number of aryl methyl sites for hydroxylation is 3. The van der Waals surface area contributed by atoms with Crippen LogP contribution >= 0.6 is 11.3 Å². The Hall–Kier alpha value is -2.44. The van der Waals surface area contributed by atoms with Crippen molar-refractivity contribution in [1.82, 2.24) is 4.98 Å². The van der Waals surface area contributed by atoms with E-state index in [0.29, 0.717) is 0 Å². The van der Waals surface area contributed by atoms with Crippen LogP contribution in [0.15, 0.2) is 30.3 Å². The first-order valence-electron chi connectivity index (χ1n) is 9.14. The van der Waals surface area contributed by atoms with E-state index < -0.39 is 0 Å². The third-order valence-corrected chi connectivity index (χ3v) is 5.90. The van der Waals surface area contributed by atoms with Crippen LogP contribution in [0.5, 0.6) is 0 Å². The van der Waals surface area contributed by atoms with Gasteiger partial charge in [0.05, 0.1) is 23.4 Å². The number of nitrogens with one attached hydrogen (secondary N) is 1. The van der Waals surface area contributed by atoms with Crippen molar-refractivity contribution in [2.75, 3.05) is 36.5 Å². The number of anilines is 2. The van der Waals surface area contributed by atoms with Crippen LogP contribution in [0.1, 0.15) is 27.0 Å². The second-order valence-electron chi connectivity index (χ2n) is 7.01. The first-order chi connectivity index (χ1) is 13.0. The largest absolute Gasteiger partial charge is 0.378 e. The van der Waals surface area contributed by atoms with Gasteiger partial charge in [-0.1, -0.05) is 29.0 Å². The molecule has 0 saturated carbocycles. The maximum atomic E-state index is 12.8. The van der Waals surface area contributed by atoms with E-state index in [1.54, 1.807) is 11.3 Å². The molecule has 1 aliphatic rings. The van der Waals surface area contributed by atoms with E-state index in [2.05, 4.69) is 10.2 Å². The lowest BCUT2D eigenvalue weighted by molar-refractivity contribution is 0.102. The molecule has 0 spiro atoms. The van der Waals surface area contributed by atoms with Gasteiger partial charge >= 0.3 is 0 Å². The molecule has 1 aromatic heterocycles. The van der Waals surface area contributed by atoms with Crippen molar-refractivity contribution < 1.29 is 9.53 Å². The monoisotopic (exact) mass is 381 g/mol. The average molecular weight is 382 g/mol. The lowest BCUT2D eigenvalue weighted by Crippen LogP contribution is -2.36. The molecule has 0 bridgehead atoms. The van der Waals surface area contributed by atoms with Crippen LogP contribution in [0.4, 0.5) is 10.8 Å². The maximum absolute atomic E-state index is 12.8. The summed E-state index contributed by atoms with van der Waals surface area (Å²) in [7, 11) is 0. The minimum absolute atomic E-state index is 0.0673. The van der Waals surface area contributed by atoms with Gasteiger partial charge in [0.2, 0.25) is 0 Å². The average Bonchev–Trinajstić information content (AvgIpc) is 3.05. The Morgan fingerprint density at radius 3 is 2.52 bits per heavy atom. The first-order valence-corrected chi connectivity index (χ1v) is 9.95. The van der Waals surface area contributed by atoms with Crippen LogP contribution in [-0.4, -0.2) is 37.2 Å². The number of hydrogen-bond donors (Lipinski definition) is 1. The van der Waals surface area contributed by atoms with Crippen LogP contribution in [0.3, 0.4) is 0 Å². The molecule has 2 aromatic carbocycles. The smallest absolute Gasteiger partial charge is 0.256 e. The fourth-order valence-corrected chi connectivity index (χ4v) is 4.67. The molecule has 6 heteroatoms. The Morgan fingerprint density at radius 2 is 1.81 bits per heavy atom. The minimum atomic E-state index is -0.0673. The highest BCUT2D eigenvalue weighted by Crippen LogP contribution is 2.31. The molecule has 3 aromatic rings. The van der Waals surface area contributed by atoms with E-state index in [9.17, 15) is 4.79 Å². The third-order valence-electron chi connectivity index (χ3n) is 4.82. The summed E-state index contributed by atoms with van der Waals surface area (Å²) >= 11 is 1.66. The number of morpholine rings is 1. The second kappa shape index (κ2) is 7.29. The molecule has 1 fully saturated rings. The number of thiazole rings is 1. The predicted molar refractivity (Wildman–Crippen MR) is 111 cm³/mol. The van der Waals surface area contributed by atoms with E-state index >= 15 is 0 Å². The number of fused-ring (bicyclic) bond motifs is 1. The number of amides is 1. The molecule has 0 aliphatic carbocycles. The van der Waals surface area contributed by atoms with Crippen LogP contribution in [0.25, 0.3) is 10.2 Å². The number of benzene rings is 2. The Balaban J connectivity index is 1.58. The van der Waals surface area contributed by atoms with Crippen molar-refractivity contribution in [3.05, 3.63) is 52.6 Å². The van der Waals surface area contributed by atoms with Gasteiger partial charge in [-0.05, 0) is 50.1 Å². The summed E-state index contributed by atoms with van der Waals surface area (Å²) in [5.41, 5.74) is 5.67. The van der Waals surface area contributed by atoms with E-state index in [-0.39, 0.29) is 5.91 Å². The molecule has 140 valence electrons. The van der Waals surface area contributed by atoms with E-state index in [1.807, 2.05) is 51.1 Å². The van der Waals surface area contributed by atoms with Gasteiger partial charge < -0.3 is 15.0 Å². The molecule has 1 N–H and O–H groups in total. The van der Waals surface area contributed by atoms with Gasteiger partial charge in [0.25, 0.3) is 5.91 Å². The quantitative estimate of drug-likeness (QED) is 0.734. The van der Waals surface area contributed by atoms with Gasteiger partial charge in [-0.25, -0.2) is 4.98 Å². The molecule has 0 radical (unpaired) electrons. The zero-order valence-corrected chi connectivity index (χ0v) is 16.7. The number of rotatable bonds is 3. The zero-order chi connectivity index (χ0) is 19.0. The van der Waals surface area contributed by atoms with Crippen LogP contribution < -0.4 is 10.2 Å². The van der Waals surface area contributed by atoms with Crippen LogP contribution in [0.2, 0.25) is 0 Å². The van der Waals surface area contributed by atoms with Crippen molar-refractivity contribution in [1.29, 1.82) is 0 Å². The molecule has 1 aliphatic heterocycles. The number of aromatic nitrogens is 1. The normalized spacial score (nSPS) is 14.6. The Morgan fingerprint density at radius 1 is 1.11 bits per heavy atom. The summed E-state index contributed by atoms with van der Waals surface area (Å²) in [4.78, 5) is 19.8. The van der Waals surface area contributed by atoms with Crippen molar-refractivity contribution >= 4 is 38.3 Å². The summed E-state index contributed by atoms with van der Waals surface area (Å²) in [6.07, 6.45) is 0. The lowest BCUT2D eigenvalue weighted by atomic mass is 9.99. The second-order valence-corrected chi connectivity index (χ2v) is 8.02. The highest BCUT2D eigenvalue weighted by Gasteiger charge is 2.17. The number of hydrogen-bond acceptors (Lipinski definition) is 5. The van der Waals surface area contributed by atoms with Crippen molar-refractivity contribution in [3.8, 4) is 0 Å². The maximum Gasteiger partial charge on any atom is 0.256 e. The van der Waals surface area contributed by atoms with Gasteiger partial charge in [0.1, 0.15) is 0 Å². The van der Waals surface area contributed by atoms with Crippen molar-refractivity contribution in [2.24, 2.45) is 0 Å². The first kappa shape index (κ1) is 17.9. The summed E-state index contributed by atoms with van der Waals surface area (Å²) in [6.45, 7) is 9.24. The van der Waals surface area contributed by atoms with Gasteiger partial charge in [0.15, 0.2) is 5.13 Å². The van der Waals surface area contributed by atoms with E-state index in [4.69, 9.17) is 9.72 Å². The number of carbonyl (C=O) groups excluding carboxylic acids is 1. The van der Waals surface area contributed by atoms with Crippen molar-refractivity contribution in [2.45, 2.75) is 20.8 Å². The zero-order valence-electron chi connectivity index (χ0n) is 15.8. The van der Waals surface area contributed by atoms with Crippen LogP contribution in [0, 0.1) is 20.8 Å². The fourth-order valence-electron chi connectivity index (χ4n) is 3.61. The molecule has 0 unspecified atom stereocenters. The van der Waals surface area contributed by atoms with Crippen LogP contribution in [-0.2, 0) is 4.74 Å². The molecule has 4 rings (SSSR count). The molecular formula is C21H23N3O2S. The third kappa shape index (κ3) is 3.68. The van der Waals surface area contributed by atoms with E-state index in [1.165, 1.54) is 5.56 Å². The summed E-state index contributed by atoms with van der Waals surface area (Å²) in [5.74, 6) is -0.0673. The SMILES string of the molecule is Cc1cc(C)c(C(=O)Nc2ccc3nc(N4CCOCC4)sc3c2)c(C)c1. The molecule has 27 heavy (non-hydrogen) atoms. The highest BCUT2D eigenvalue weighted by molar-refractivity contribution is 7.22. The molecular weight excluding hydrogens is 358 g/mol. The summed E-state index contributed by atoms with van der Waals surface area (Å²) < 4.78 is 6.49. The number of ether oxygens (including phenoxy) is 1. The van der Waals surface area contributed by atoms with Crippen molar-refractivity contribution in [3.63, 3.8) is 0 Å². The minimum Gasteiger partial charge on any atom is -0.378 e. The Bertz CT molecular complexity index is 983. The molecule has 2 heterocycles. The Kier molecular flexibility index (Phi) is 4.85. The van der Waals surface area contributed by atoms with Gasteiger partial charge in [0, 0.05) is 24.3 Å². The lowest BCUT2D eigenvalue weighted by Gasteiger charge is -2.25. The standard InChI is InChI=1S/C21H23N3O2S/c1-13-10-14(2)19(15(3)11-13)20(25)22-16-4-5-17-18(12-16)27-21(23-17)24-6-8-26-9-7-24/h4-5,10-12H,6-9H2,1-3H3,(H,22,25). The number of nitrogens with zero attached hydrogens (tertiary/aromatic N) is 2. The van der Waals surface area contributed by atoms with Gasteiger partial charge in [-0.3, -0.25) is 4.79 Å². The highest BCUT2D eigenvalue weighted by atomic mass is 32.1. The molecule has 5 nitrogen and oxygen atoms in total. The number of carbonyl (C=O) groups is 1.